The summed E-state index contributed by atoms with van der Waals surface area (Å²) < 4.78 is 5.34. The number of rotatable bonds is 8. The first-order valence-corrected chi connectivity index (χ1v) is 10.3. The number of aromatic amines is 1. The zero-order chi connectivity index (χ0) is 22.4. The molecule has 3 aromatic rings. The van der Waals surface area contributed by atoms with Gasteiger partial charge in [0.05, 0.1) is 19.3 Å². The molecule has 0 saturated carbocycles. The zero-order valence-corrected chi connectivity index (χ0v) is 18.6. The summed E-state index contributed by atoms with van der Waals surface area (Å²) in [6.45, 7) is 3.59. The number of aryl methyl sites for hydroxylation is 1. The lowest BCUT2D eigenvalue weighted by molar-refractivity contribution is 0.205. The largest absolute Gasteiger partial charge is 0.495 e. The van der Waals surface area contributed by atoms with Crippen molar-refractivity contribution in [1.29, 1.82) is 0 Å². The van der Waals surface area contributed by atoms with Gasteiger partial charge in [-0.3, -0.25) is 4.79 Å². The normalized spacial score (nSPS) is 11.0. The van der Waals surface area contributed by atoms with Gasteiger partial charge in [-0.15, -0.1) is 0 Å². The van der Waals surface area contributed by atoms with Gasteiger partial charge in [0.1, 0.15) is 5.75 Å². The van der Waals surface area contributed by atoms with E-state index in [-0.39, 0.29) is 18.1 Å². The maximum atomic E-state index is 13.1. The second-order valence-corrected chi connectivity index (χ2v) is 7.92. The quantitative estimate of drug-likeness (QED) is 0.578. The predicted molar refractivity (Wildman–Crippen MR) is 125 cm³/mol. The molecule has 2 N–H and O–H groups in total. The van der Waals surface area contributed by atoms with Crippen LogP contribution in [0.5, 0.6) is 5.75 Å². The number of amides is 2. The van der Waals surface area contributed by atoms with Crippen molar-refractivity contribution in [1.82, 2.24) is 14.8 Å². The monoisotopic (exact) mass is 422 g/mol. The summed E-state index contributed by atoms with van der Waals surface area (Å²) in [5, 5.41) is 3.87. The lowest BCUT2D eigenvalue weighted by Crippen LogP contribution is -2.37. The van der Waals surface area contributed by atoms with Crippen LogP contribution >= 0.6 is 0 Å². The molecule has 0 spiro atoms. The molecule has 2 amide bonds. The summed E-state index contributed by atoms with van der Waals surface area (Å²) in [7, 11) is 5.56. The van der Waals surface area contributed by atoms with Gasteiger partial charge in [-0.1, -0.05) is 23.8 Å². The molecule has 31 heavy (non-hydrogen) atoms. The minimum atomic E-state index is -0.271. The zero-order valence-electron chi connectivity index (χ0n) is 18.6. The second kappa shape index (κ2) is 10.1. The molecule has 0 aliphatic heterocycles. The van der Waals surface area contributed by atoms with Crippen LogP contribution in [0.4, 0.5) is 10.5 Å². The number of nitrogens with zero attached hydrogens (tertiary/aromatic N) is 2. The SMILES string of the molecule is COc1ccccc1NC(=O)N(CCCN(C)C)Cc1cc2cc(C)ccc2[nH]c1=O. The van der Waals surface area contributed by atoms with E-state index in [0.717, 1.165) is 29.4 Å². The van der Waals surface area contributed by atoms with Crippen molar-refractivity contribution in [2.75, 3.05) is 39.6 Å². The number of nitrogens with one attached hydrogen (secondary N) is 2. The van der Waals surface area contributed by atoms with Gasteiger partial charge in [0.25, 0.3) is 5.56 Å². The summed E-state index contributed by atoms with van der Waals surface area (Å²) in [5.41, 5.74) is 2.87. The number of anilines is 1. The Labute approximate surface area is 182 Å². The van der Waals surface area contributed by atoms with E-state index in [2.05, 4.69) is 15.2 Å². The summed E-state index contributed by atoms with van der Waals surface area (Å²) in [6, 6.07) is 14.8. The number of fused-ring (bicyclic) bond motifs is 1. The number of hydrogen-bond acceptors (Lipinski definition) is 4. The van der Waals surface area contributed by atoms with E-state index in [9.17, 15) is 9.59 Å². The number of H-pyrrole nitrogens is 1. The molecular weight excluding hydrogens is 392 g/mol. The van der Waals surface area contributed by atoms with Crippen molar-refractivity contribution in [2.24, 2.45) is 0 Å². The Morgan fingerprint density at radius 2 is 1.87 bits per heavy atom. The summed E-state index contributed by atoms with van der Waals surface area (Å²) in [6.07, 6.45) is 0.789. The molecule has 0 bridgehead atoms. The van der Waals surface area contributed by atoms with E-state index in [0.29, 0.717) is 23.5 Å². The predicted octanol–water partition coefficient (Wildman–Crippen LogP) is 3.83. The van der Waals surface area contributed by atoms with Crippen molar-refractivity contribution < 1.29 is 9.53 Å². The van der Waals surface area contributed by atoms with Gasteiger partial charge in [-0.25, -0.2) is 4.79 Å². The Balaban J connectivity index is 1.86. The highest BCUT2D eigenvalue weighted by Gasteiger charge is 2.18. The molecule has 0 radical (unpaired) electrons. The van der Waals surface area contributed by atoms with Gasteiger partial charge in [-0.2, -0.15) is 0 Å². The van der Waals surface area contributed by atoms with Gasteiger partial charge < -0.3 is 24.8 Å². The van der Waals surface area contributed by atoms with Crippen molar-refractivity contribution >= 4 is 22.6 Å². The molecule has 0 atom stereocenters. The number of aromatic nitrogens is 1. The molecule has 1 heterocycles. The summed E-state index contributed by atoms with van der Waals surface area (Å²) in [4.78, 5) is 32.5. The van der Waals surface area contributed by atoms with E-state index in [1.54, 1.807) is 24.1 Å². The first-order chi connectivity index (χ1) is 14.9. The van der Waals surface area contributed by atoms with Crippen LogP contribution in [0.2, 0.25) is 0 Å². The Hall–Kier alpha value is -3.32. The summed E-state index contributed by atoms with van der Waals surface area (Å²) >= 11 is 0. The van der Waals surface area contributed by atoms with Gasteiger partial charge in [0.15, 0.2) is 0 Å². The van der Waals surface area contributed by atoms with E-state index >= 15 is 0 Å². The fourth-order valence-corrected chi connectivity index (χ4v) is 3.47. The molecule has 1 aromatic heterocycles. The molecule has 164 valence electrons. The number of methoxy groups -OCH3 is 1. The standard InChI is InChI=1S/C24H30N4O3/c1-17-10-11-20-18(14-17)15-19(23(29)25-20)16-28(13-7-12-27(2)3)24(30)26-21-8-5-6-9-22(21)31-4/h5-6,8-11,14-15H,7,12-13,16H2,1-4H3,(H,25,29)(H,26,30). The third-order valence-corrected chi connectivity index (χ3v) is 5.11. The van der Waals surface area contributed by atoms with Crippen LogP contribution in [0.25, 0.3) is 10.9 Å². The van der Waals surface area contributed by atoms with Crippen LogP contribution < -0.4 is 15.6 Å². The first-order valence-electron chi connectivity index (χ1n) is 10.3. The number of para-hydroxylation sites is 2. The molecule has 0 aliphatic rings. The average molecular weight is 423 g/mol. The molecule has 3 rings (SSSR count). The molecule has 7 nitrogen and oxygen atoms in total. The minimum Gasteiger partial charge on any atom is -0.495 e. The van der Waals surface area contributed by atoms with Crippen LogP contribution in [0.15, 0.2) is 53.3 Å². The molecule has 0 unspecified atom stereocenters. The van der Waals surface area contributed by atoms with E-state index in [1.165, 1.54) is 0 Å². The molecule has 0 fully saturated rings. The number of hydrogen-bond donors (Lipinski definition) is 2. The fourth-order valence-electron chi connectivity index (χ4n) is 3.47. The molecule has 0 saturated heterocycles. The summed E-state index contributed by atoms with van der Waals surface area (Å²) in [5.74, 6) is 0.586. The Kier molecular flexibility index (Phi) is 7.31. The number of urea groups is 1. The van der Waals surface area contributed by atoms with E-state index < -0.39 is 0 Å². The van der Waals surface area contributed by atoms with Crippen molar-refractivity contribution in [2.45, 2.75) is 19.9 Å². The van der Waals surface area contributed by atoms with Gasteiger partial charge in [-0.05, 0) is 69.7 Å². The maximum absolute atomic E-state index is 13.1. The van der Waals surface area contributed by atoms with Crippen molar-refractivity contribution in [3.05, 3.63) is 70.0 Å². The smallest absolute Gasteiger partial charge is 0.322 e. The number of benzene rings is 2. The highest BCUT2D eigenvalue weighted by Crippen LogP contribution is 2.23. The fraction of sp³-hybridized carbons (Fsp3) is 0.333. The molecule has 7 heteroatoms. The third-order valence-electron chi connectivity index (χ3n) is 5.11. The molecule has 0 aliphatic carbocycles. The first kappa shape index (κ1) is 22.4. The number of carbonyl (C=O) groups excluding carboxylic acids is 1. The minimum absolute atomic E-state index is 0.181. The highest BCUT2D eigenvalue weighted by atomic mass is 16.5. The highest BCUT2D eigenvalue weighted by molar-refractivity contribution is 5.91. The van der Waals surface area contributed by atoms with Crippen LogP contribution in [0, 0.1) is 6.92 Å². The third kappa shape index (κ3) is 5.86. The van der Waals surface area contributed by atoms with Crippen molar-refractivity contribution in [3.63, 3.8) is 0 Å². The lowest BCUT2D eigenvalue weighted by Gasteiger charge is -2.24. The second-order valence-electron chi connectivity index (χ2n) is 7.92. The van der Waals surface area contributed by atoms with Crippen molar-refractivity contribution in [3.8, 4) is 5.75 Å². The lowest BCUT2D eigenvalue weighted by atomic mass is 10.1. The van der Waals surface area contributed by atoms with Gasteiger partial charge in [0.2, 0.25) is 0 Å². The van der Waals surface area contributed by atoms with Crippen LogP contribution in [0.3, 0.4) is 0 Å². The van der Waals surface area contributed by atoms with E-state index in [4.69, 9.17) is 4.74 Å². The average Bonchev–Trinajstić information content (AvgIpc) is 2.73. The van der Waals surface area contributed by atoms with Crippen LogP contribution in [-0.2, 0) is 6.54 Å². The van der Waals surface area contributed by atoms with Crippen LogP contribution in [-0.4, -0.2) is 55.1 Å². The Bertz CT molecular complexity index is 1110. The van der Waals surface area contributed by atoms with Gasteiger partial charge in [0, 0.05) is 17.6 Å². The molecule has 2 aromatic carbocycles. The van der Waals surface area contributed by atoms with Gasteiger partial charge >= 0.3 is 6.03 Å². The number of ether oxygens (including phenoxy) is 1. The number of carbonyl (C=O) groups is 1. The number of pyridine rings is 1. The topological polar surface area (TPSA) is 77.7 Å². The molecular formula is C24H30N4O3. The van der Waals surface area contributed by atoms with E-state index in [1.807, 2.05) is 57.4 Å². The van der Waals surface area contributed by atoms with Crippen LogP contribution in [0.1, 0.15) is 17.5 Å². The Morgan fingerprint density at radius 1 is 1.10 bits per heavy atom. The maximum Gasteiger partial charge on any atom is 0.322 e. The Morgan fingerprint density at radius 3 is 2.61 bits per heavy atom.